The van der Waals surface area contributed by atoms with Gasteiger partial charge in [0.2, 0.25) is 0 Å². The van der Waals surface area contributed by atoms with Crippen molar-refractivity contribution in [3.05, 3.63) is 29.3 Å². The summed E-state index contributed by atoms with van der Waals surface area (Å²) in [6.45, 7) is 4.05. The fraction of sp³-hybridized carbons (Fsp3) is 0.533. The molecule has 19 heavy (non-hydrogen) atoms. The van der Waals surface area contributed by atoms with Crippen LogP contribution >= 0.6 is 11.3 Å². The molecule has 3 rings (SSSR count). The first-order valence-corrected chi connectivity index (χ1v) is 7.66. The summed E-state index contributed by atoms with van der Waals surface area (Å²) in [5.74, 6) is 0. The van der Waals surface area contributed by atoms with Crippen LogP contribution in [0.2, 0.25) is 0 Å². The minimum Gasteiger partial charge on any atom is -0.378 e. The van der Waals surface area contributed by atoms with Crippen molar-refractivity contribution in [2.24, 2.45) is 5.41 Å². The second kappa shape index (κ2) is 5.19. The van der Waals surface area contributed by atoms with Crippen LogP contribution in [0.3, 0.4) is 0 Å². The molecule has 2 unspecified atom stereocenters. The summed E-state index contributed by atoms with van der Waals surface area (Å²) >= 11 is 1.82. The normalized spacial score (nSPS) is 27.2. The zero-order valence-corrected chi connectivity index (χ0v) is 12.3. The van der Waals surface area contributed by atoms with E-state index < -0.39 is 0 Å². The largest absolute Gasteiger partial charge is 0.378 e. The lowest BCUT2D eigenvalue weighted by molar-refractivity contribution is 0.0640. The number of fused-ring (bicyclic) bond motifs is 1. The Morgan fingerprint density at radius 2 is 2.32 bits per heavy atom. The Labute approximate surface area is 118 Å². The van der Waals surface area contributed by atoms with Gasteiger partial charge in [0.05, 0.1) is 21.3 Å². The topological polar surface area (TPSA) is 34.2 Å². The van der Waals surface area contributed by atoms with Crippen molar-refractivity contribution in [3.8, 4) is 0 Å². The molecule has 0 aliphatic carbocycles. The summed E-state index contributed by atoms with van der Waals surface area (Å²) < 4.78 is 7.09. The Morgan fingerprint density at radius 1 is 1.47 bits per heavy atom. The van der Waals surface area contributed by atoms with Crippen LogP contribution in [0.5, 0.6) is 0 Å². The molecule has 1 aromatic heterocycles. The standard InChI is InChI=1S/C15H20N2OS/c1-11-15(10-16-2,7-8-18-11)9-14-17-12-5-3-4-6-13(12)19-14/h3-6,11,16H,7-10H2,1-2H3. The first-order valence-electron chi connectivity index (χ1n) is 6.84. The van der Waals surface area contributed by atoms with Crippen LogP contribution in [0, 0.1) is 5.41 Å². The molecule has 3 nitrogen and oxygen atoms in total. The lowest BCUT2D eigenvalue weighted by Gasteiger charge is -2.31. The first kappa shape index (κ1) is 13.0. The highest BCUT2D eigenvalue weighted by atomic mass is 32.1. The van der Waals surface area contributed by atoms with Gasteiger partial charge in [-0.15, -0.1) is 11.3 Å². The van der Waals surface area contributed by atoms with E-state index in [4.69, 9.17) is 9.72 Å². The van der Waals surface area contributed by atoms with Crippen molar-refractivity contribution in [3.63, 3.8) is 0 Å². The molecule has 1 fully saturated rings. The Morgan fingerprint density at radius 3 is 3.00 bits per heavy atom. The zero-order valence-electron chi connectivity index (χ0n) is 11.5. The molecule has 1 aromatic carbocycles. The van der Waals surface area contributed by atoms with Crippen LogP contribution in [0.1, 0.15) is 18.4 Å². The van der Waals surface area contributed by atoms with Crippen LogP contribution in [0.4, 0.5) is 0 Å². The Bertz CT molecular complexity index is 535. The van der Waals surface area contributed by atoms with Crippen LogP contribution in [0.15, 0.2) is 24.3 Å². The van der Waals surface area contributed by atoms with Gasteiger partial charge >= 0.3 is 0 Å². The maximum atomic E-state index is 5.80. The second-order valence-electron chi connectivity index (χ2n) is 5.41. The molecule has 0 bridgehead atoms. The minimum atomic E-state index is 0.197. The van der Waals surface area contributed by atoms with Crippen molar-refractivity contribution < 1.29 is 4.74 Å². The van der Waals surface area contributed by atoms with Gasteiger partial charge in [-0.3, -0.25) is 0 Å². The SMILES string of the molecule is CNCC1(Cc2nc3ccccc3s2)CCOC1C. The summed E-state index contributed by atoms with van der Waals surface area (Å²) in [6, 6.07) is 8.37. The highest BCUT2D eigenvalue weighted by Crippen LogP contribution is 2.39. The van der Waals surface area contributed by atoms with Crippen molar-refractivity contribution in [2.45, 2.75) is 25.9 Å². The van der Waals surface area contributed by atoms with E-state index in [1.54, 1.807) is 0 Å². The van der Waals surface area contributed by atoms with Gasteiger partial charge in [0.25, 0.3) is 0 Å². The van der Waals surface area contributed by atoms with Crippen molar-refractivity contribution in [1.29, 1.82) is 0 Å². The highest BCUT2D eigenvalue weighted by Gasteiger charge is 2.41. The van der Waals surface area contributed by atoms with Crippen LogP contribution in [0.25, 0.3) is 10.2 Å². The third kappa shape index (κ3) is 2.40. The molecular weight excluding hydrogens is 256 g/mol. The molecule has 2 atom stereocenters. The summed E-state index contributed by atoms with van der Waals surface area (Å²) in [4.78, 5) is 4.77. The molecule has 1 N–H and O–H groups in total. The van der Waals surface area contributed by atoms with E-state index in [0.717, 1.165) is 31.5 Å². The van der Waals surface area contributed by atoms with E-state index in [0.29, 0.717) is 6.10 Å². The average Bonchev–Trinajstić information content (AvgIpc) is 2.94. The lowest BCUT2D eigenvalue weighted by atomic mass is 9.78. The Kier molecular flexibility index (Phi) is 3.56. The van der Waals surface area contributed by atoms with Crippen LogP contribution in [-0.2, 0) is 11.2 Å². The Hall–Kier alpha value is -0.970. The van der Waals surface area contributed by atoms with Crippen molar-refractivity contribution >= 4 is 21.6 Å². The third-order valence-electron chi connectivity index (χ3n) is 4.20. The third-order valence-corrected chi connectivity index (χ3v) is 5.24. The van der Waals surface area contributed by atoms with Crippen molar-refractivity contribution in [1.82, 2.24) is 10.3 Å². The van der Waals surface area contributed by atoms with Crippen LogP contribution in [-0.4, -0.2) is 31.3 Å². The number of rotatable bonds is 4. The number of hydrogen-bond donors (Lipinski definition) is 1. The van der Waals surface area contributed by atoms with Gasteiger partial charge in [-0.1, -0.05) is 12.1 Å². The maximum Gasteiger partial charge on any atom is 0.0945 e. The number of thiazole rings is 1. The van der Waals surface area contributed by atoms with E-state index in [-0.39, 0.29) is 5.41 Å². The average molecular weight is 276 g/mol. The number of nitrogens with zero attached hydrogens (tertiary/aromatic N) is 1. The predicted octanol–water partition coefficient (Wildman–Crippen LogP) is 2.85. The van der Waals surface area contributed by atoms with Gasteiger partial charge in [-0.05, 0) is 32.5 Å². The van der Waals surface area contributed by atoms with Gasteiger partial charge in [-0.25, -0.2) is 4.98 Å². The molecule has 0 amide bonds. The number of benzene rings is 1. The molecule has 4 heteroatoms. The van der Waals surface area contributed by atoms with Gasteiger partial charge in [0, 0.05) is 25.0 Å². The highest BCUT2D eigenvalue weighted by molar-refractivity contribution is 7.18. The first-order chi connectivity index (χ1) is 9.23. The smallest absolute Gasteiger partial charge is 0.0945 e. The molecule has 0 saturated carbocycles. The summed E-state index contributed by atoms with van der Waals surface area (Å²) in [5.41, 5.74) is 1.32. The molecule has 0 radical (unpaired) electrons. The number of nitrogens with one attached hydrogen (secondary N) is 1. The summed E-state index contributed by atoms with van der Waals surface area (Å²) in [5, 5.41) is 4.56. The van der Waals surface area contributed by atoms with Gasteiger partial charge in [-0.2, -0.15) is 0 Å². The maximum absolute atomic E-state index is 5.80. The number of ether oxygens (including phenoxy) is 1. The molecular formula is C15H20N2OS. The molecule has 2 aromatic rings. The number of para-hydroxylation sites is 1. The monoisotopic (exact) mass is 276 g/mol. The second-order valence-corrected chi connectivity index (χ2v) is 6.52. The van der Waals surface area contributed by atoms with E-state index in [2.05, 4.69) is 36.5 Å². The molecule has 102 valence electrons. The number of hydrogen-bond acceptors (Lipinski definition) is 4. The fourth-order valence-electron chi connectivity index (χ4n) is 2.99. The van der Waals surface area contributed by atoms with E-state index in [1.807, 2.05) is 18.4 Å². The van der Waals surface area contributed by atoms with Crippen LogP contribution < -0.4 is 5.32 Å². The fourth-order valence-corrected chi connectivity index (χ4v) is 4.12. The molecule has 0 spiro atoms. The quantitative estimate of drug-likeness (QED) is 0.932. The summed E-state index contributed by atoms with van der Waals surface area (Å²) in [6.07, 6.45) is 2.42. The predicted molar refractivity (Wildman–Crippen MR) is 79.7 cm³/mol. The summed E-state index contributed by atoms with van der Waals surface area (Å²) in [7, 11) is 2.02. The van der Waals surface area contributed by atoms with E-state index in [1.165, 1.54) is 9.71 Å². The molecule has 2 heterocycles. The minimum absolute atomic E-state index is 0.197. The van der Waals surface area contributed by atoms with E-state index >= 15 is 0 Å². The van der Waals surface area contributed by atoms with E-state index in [9.17, 15) is 0 Å². The van der Waals surface area contributed by atoms with Gasteiger partial charge in [0.1, 0.15) is 0 Å². The Balaban J connectivity index is 1.89. The lowest BCUT2D eigenvalue weighted by Crippen LogP contribution is -2.40. The molecule has 1 aliphatic rings. The van der Waals surface area contributed by atoms with Gasteiger partial charge < -0.3 is 10.1 Å². The molecule has 1 aliphatic heterocycles. The number of aromatic nitrogens is 1. The van der Waals surface area contributed by atoms with Crippen molar-refractivity contribution in [2.75, 3.05) is 20.2 Å². The van der Waals surface area contributed by atoms with Gasteiger partial charge in [0.15, 0.2) is 0 Å². The zero-order chi connectivity index (χ0) is 13.3. The molecule has 1 saturated heterocycles.